The molecule has 3 nitrogen and oxygen atoms in total. The molecule has 20 heavy (non-hydrogen) atoms. The fraction of sp³-hybridized carbons (Fsp3) is 0.200. The summed E-state index contributed by atoms with van der Waals surface area (Å²) in [5, 5.41) is 0. The third-order valence-corrected chi connectivity index (χ3v) is 2.97. The number of hydrogen-bond acceptors (Lipinski definition) is 2. The molecule has 1 aromatic carbocycles. The Morgan fingerprint density at radius 1 is 1.20 bits per heavy atom. The highest BCUT2D eigenvalue weighted by atomic mass is 35.5. The van der Waals surface area contributed by atoms with Gasteiger partial charge >= 0.3 is 0 Å². The standard InChI is InChI=1S/C15H14ClFN2O/c16-8-9-19(11-12-4-2-1-3-5-12)15(20)14-7-6-13(17)10-18-14/h1-7,10H,8-9,11H2. The van der Waals surface area contributed by atoms with Gasteiger partial charge in [0.25, 0.3) is 5.91 Å². The molecule has 0 saturated heterocycles. The van der Waals surface area contributed by atoms with Crippen molar-refractivity contribution in [1.29, 1.82) is 0 Å². The van der Waals surface area contributed by atoms with E-state index in [1.54, 1.807) is 4.90 Å². The molecule has 0 radical (unpaired) electrons. The van der Waals surface area contributed by atoms with E-state index in [2.05, 4.69) is 4.98 Å². The Morgan fingerprint density at radius 3 is 2.55 bits per heavy atom. The zero-order valence-electron chi connectivity index (χ0n) is 10.8. The molecule has 1 heterocycles. The van der Waals surface area contributed by atoms with E-state index < -0.39 is 5.82 Å². The number of halogens is 2. The Hall–Kier alpha value is -1.94. The van der Waals surface area contributed by atoms with Crippen molar-refractivity contribution in [3.8, 4) is 0 Å². The van der Waals surface area contributed by atoms with Crippen LogP contribution in [-0.2, 0) is 6.54 Å². The van der Waals surface area contributed by atoms with Crippen LogP contribution in [0.4, 0.5) is 4.39 Å². The first-order valence-corrected chi connectivity index (χ1v) is 6.75. The summed E-state index contributed by atoms with van der Waals surface area (Å²) in [4.78, 5) is 17.7. The van der Waals surface area contributed by atoms with E-state index in [0.29, 0.717) is 19.0 Å². The second-order valence-electron chi connectivity index (χ2n) is 4.26. The molecule has 5 heteroatoms. The summed E-state index contributed by atoms with van der Waals surface area (Å²) in [5.74, 6) is -0.386. The number of hydrogen-bond donors (Lipinski definition) is 0. The summed E-state index contributed by atoms with van der Waals surface area (Å²) in [7, 11) is 0. The number of rotatable bonds is 5. The Morgan fingerprint density at radius 2 is 1.95 bits per heavy atom. The highest BCUT2D eigenvalue weighted by Crippen LogP contribution is 2.09. The molecule has 0 bridgehead atoms. The molecular formula is C15H14ClFN2O. The summed E-state index contributed by atoms with van der Waals surface area (Å²) >= 11 is 5.74. The van der Waals surface area contributed by atoms with Crippen LogP contribution in [0.15, 0.2) is 48.7 Å². The number of alkyl halides is 1. The predicted octanol–water partition coefficient (Wildman–Crippen LogP) is 3.10. The molecule has 0 fully saturated rings. The smallest absolute Gasteiger partial charge is 0.272 e. The molecule has 0 saturated carbocycles. The molecule has 2 rings (SSSR count). The van der Waals surface area contributed by atoms with E-state index in [1.165, 1.54) is 12.1 Å². The molecule has 0 N–H and O–H groups in total. The molecule has 0 aliphatic heterocycles. The van der Waals surface area contributed by atoms with Gasteiger partial charge in [-0.3, -0.25) is 4.79 Å². The highest BCUT2D eigenvalue weighted by Gasteiger charge is 2.16. The molecule has 0 aliphatic carbocycles. The van der Waals surface area contributed by atoms with Crippen LogP contribution >= 0.6 is 11.6 Å². The van der Waals surface area contributed by atoms with Gasteiger partial charge in [-0.2, -0.15) is 0 Å². The van der Waals surface area contributed by atoms with Crippen molar-refractivity contribution in [3.05, 3.63) is 65.7 Å². The average Bonchev–Trinajstić information content (AvgIpc) is 2.48. The Labute approximate surface area is 122 Å². The second-order valence-corrected chi connectivity index (χ2v) is 4.64. The normalized spacial score (nSPS) is 10.3. The molecule has 1 aromatic heterocycles. The van der Waals surface area contributed by atoms with Crippen molar-refractivity contribution in [1.82, 2.24) is 9.88 Å². The highest BCUT2D eigenvalue weighted by molar-refractivity contribution is 6.18. The van der Waals surface area contributed by atoms with Crippen LogP contribution in [0.1, 0.15) is 16.1 Å². The van der Waals surface area contributed by atoms with Crippen LogP contribution in [0, 0.1) is 5.82 Å². The monoisotopic (exact) mass is 292 g/mol. The van der Waals surface area contributed by atoms with E-state index in [4.69, 9.17) is 11.6 Å². The largest absolute Gasteiger partial charge is 0.332 e. The Kier molecular flexibility index (Phi) is 5.07. The van der Waals surface area contributed by atoms with E-state index in [0.717, 1.165) is 11.8 Å². The van der Waals surface area contributed by atoms with Gasteiger partial charge in [0.1, 0.15) is 11.5 Å². The van der Waals surface area contributed by atoms with Crippen LogP contribution < -0.4 is 0 Å². The summed E-state index contributed by atoms with van der Waals surface area (Å²) < 4.78 is 12.8. The number of benzene rings is 1. The lowest BCUT2D eigenvalue weighted by atomic mass is 10.2. The third-order valence-electron chi connectivity index (χ3n) is 2.80. The van der Waals surface area contributed by atoms with Crippen molar-refractivity contribution in [3.63, 3.8) is 0 Å². The molecule has 1 amide bonds. The first-order valence-electron chi connectivity index (χ1n) is 6.21. The molecular weight excluding hydrogens is 279 g/mol. The lowest BCUT2D eigenvalue weighted by Gasteiger charge is -2.21. The van der Waals surface area contributed by atoms with Gasteiger partial charge in [-0.15, -0.1) is 11.6 Å². The topological polar surface area (TPSA) is 33.2 Å². The molecule has 0 atom stereocenters. The summed E-state index contributed by atoms with van der Waals surface area (Å²) in [6.07, 6.45) is 1.04. The first-order chi connectivity index (χ1) is 9.70. The number of amides is 1. The SMILES string of the molecule is O=C(c1ccc(F)cn1)N(CCCl)Cc1ccccc1. The van der Waals surface area contributed by atoms with Crippen molar-refractivity contribution >= 4 is 17.5 Å². The van der Waals surface area contributed by atoms with Crippen molar-refractivity contribution in [2.75, 3.05) is 12.4 Å². The lowest BCUT2D eigenvalue weighted by molar-refractivity contribution is 0.0747. The van der Waals surface area contributed by atoms with Crippen LogP contribution in [0.2, 0.25) is 0 Å². The van der Waals surface area contributed by atoms with E-state index in [9.17, 15) is 9.18 Å². The summed E-state index contributed by atoms with van der Waals surface area (Å²) in [6.45, 7) is 0.861. The molecule has 104 valence electrons. The van der Waals surface area contributed by atoms with Gasteiger partial charge in [-0.25, -0.2) is 9.37 Å². The second kappa shape index (κ2) is 7.01. The van der Waals surface area contributed by atoms with Crippen LogP contribution in [0.3, 0.4) is 0 Å². The summed E-state index contributed by atoms with van der Waals surface area (Å²) in [5.41, 5.74) is 1.22. The Bertz CT molecular complexity index is 560. The molecule has 0 spiro atoms. The average molecular weight is 293 g/mol. The summed E-state index contributed by atoms with van der Waals surface area (Å²) in [6, 6.07) is 12.2. The van der Waals surface area contributed by atoms with Crippen molar-refractivity contribution in [2.24, 2.45) is 0 Å². The van der Waals surface area contributed by atoms with Gasteiger partial charge in [0.2, 0.25) is 0 Å². The van der Waals surface area contributed by atoms with Gasteiger partial charge in [0.15, 0.2) is 0 Å². The maximum absolute atomic E-state index is 12.8. The maximum atomic E-state index is 12.8. The lowest BCUT2D eigenvalue weighted by Crippen LogP contribution is -2.32. The third kappa shape index (κ3) is 3.78. The van der Waals surface area contributed by atoms with Crippen LogP contribution in [-0.4, -0.2) is 28.2 Å². The first kappa shape index (κ1) is 14.5. The van der Waals surface area contributed by atoms with Crippen molar-refractivity contribution in [2.45, 2.75) is 6.54 Å². The van der Waals surface area contributed by atoms with E-state index in [-0.39, 0.29) is 11.6 Å². The van der Waals surface area contributed by atoms with E-state index >= 15 is 0 Å². The number of carbonyl (C=O) groups excluding carboxylic acids is 1. The molecule has 2 aromatic rings. The van der Waals surface area contributed by atoms with Crippen LogP contribution in [0.25, 0.3) is 0 Å². The maximum Gasteiger partial charge on any atom is 0.272 e. The quantitative estimate of drug-likeness (QED) is 0.794. The van der Waals surface area contributed by atoms with Gasteiger partial charge in [-0.05, 0) is 17.7 Å². The number of carbonyl (C=O) groups is 1. The molecule has 0 unspecified atom stereocenters. The van der Waals surface area contributed by atoms with Crippen LogP contribution in [0.5, 0.6) is 0 Å². The predicted molar refractivity (Wildman–Crippen MR) is 76.1 cm³/mol. The zero-order chi connectivity index (χ0) is 14.4. The number of nitrogens with zero attached hydrogens (tertiary/aromatic N) is 2. The van der Waals surface area contributed by atoms with Gasteiger partial charge in [-0.1, -0.05) is 30.3 Å². The molecule has 0 aliphatic rings. The fourth-order valence-electron chi connectivity index (χ4n) is 1.82. The van der Waals surface area contributed by atoms with Gasteiger partial charge in [0.05, 0.1) is 6.20 Å². The minimum absolute atomic E-state index is 0.215. The van der Waals surface area contributed by atoms with Gasteiger partial charge in [0, 0.05) is 19.0 Å². The minimum Gasteiger partial charge on any atom is -0.332 e. The van der Waals surface area contributed by atoms with E-state index in [1.807, 2.05) is 30.3 Å². The van der Waals surface area contributed by atoms with Crippen molar-refractivity contribution < 1.29 is 9.18 Å². The Balaban J connectivity index is 2.15. The fourth-order valence-corrected chi connectivity index (χ4v) is 2.03. The number of pyridine rings is 1. The van der Waals surface area contributed by atoms with Gasteiger partial charge < -0.3 is 4.90 Å². The zero-order valence-corrected chi connectivity index (χ0v) is 11.6. The number of aromatic nitrogens is 1. The minimum atomic E-state index is -0.464.